The molecule has 2 saturated carbocycles. The van der Waals surface area contributed by atoms with Gasteiger partial charge in [0.2, 0.25) is 11.8 Å². The molecule has 0 spiro atoms. The number of benzene rings is 1. The van der Waals surface area contributed by atoms with E-state index in [1.54, 1.807) is 12.1 Å². The Bertz CT molecular complexity index is 823. The lowest BCUT2D eigenvalue weighted by Crippen LogP contribution is -2.45. The molecule has 28 heavy (non-hydrogen) atoms. The second kappa shape index (κ2) is 7.04. The second-order valence-electron chi connectivity index (χ2n) is 8.13. The first-order valence-corrected chi connectivity index (χ1v) is 9.77. The average Bonchev–Trinajstić information content (AvgIpc) is 3.33. The molecule has 5 atom stereocenters. The Hall–Kier alpha value is -2.70. The quantitative estimate of drug-likeness (QED) is 0.618. The van der Waals surface area contributed by atoms with Crippen molar-refractivity contribution in [1.82, 2.24) is 4.90 Å². The molecular formula is C21H24N2O5. The Kier molecular flexibility index (Phi) is 4.69. The van der Waals surface area contributed by atoms with Gasteiger partial charge in [-0.15, -0.1) is 0 Å². The van der Waals surface area contributed by atoms with Crippen molar-refractivity contribution in [3.63, 3.8) is 0 Å². The zero-order valence-corrected chi connectivity index (χ0v) is 16.0. The van der Waals surface area contributed by atoms with Gasteiger partial charge in [0, 0.05) is 5.69 Å². The molecule has 3 amide bonds. The Labute approximate surface area is 163 Å². The molecule has 3 fully saturated rings. The van der Waals surface area contributed by atoms with Gasteiger partial charge < -0.3 is 10.1 Å². The third-order valence-electron chi connectivity index (χ3n) is 6.34. The van der Waals surface area contributed by atoms with E-state index in [0.29, 0.717) is 5.69 Å². The van der Waals surface area contributed by atoms with Gasteiger partial charge >= 0.3 is 5.97 Å². The maximum Gasteiger partial charge on any atom is 0.329 e. The molecule has 3 aliphatic rings. The number of rotatable bonds is 5. The molecule has 1 N–H and O–H groups in total. The number of anilines is 1. The van der Waals surface area contributed by atoms with E-state index < -0.39 is 24.5 Å². The van der Waals surface area contributed by atoms with Crippen LogP contribution in [0.15, 0.2) is 24.3 Å². The van der Waals surface area contributed by atoms with Crippen LogP contribution in [0.4, 0.5) is 5.69 Å². The van der Waals surface area contributed by atoms with Crippen LogP contribution in [0.3, 0.4) is 0 Å². The number of esters is 1. The zero-order chi connectivity index (χ0) is 20.0. The third-order valence-corrected chi connectivity index (χ3v) is 6.34. The highest BCUT2D eigenvalue weighted by Crippen LogP contribution is 2.56. The number of ether oxygens (including phenoxy) is 1. The van der Waals surface area contributed by atoms with E-state index >= 15 is 0 Å². The molecule has 2 bridgehead atoms. The smallest absolute Gasteiger partial charge is 0.329 e. The number of carbonyl (C=O) groups is 4. The van der Waals surface area contributed by atoms with Crippen LogP contribution in [0.25, 0.3) is 0 Å². The van der Waals surface area contributed by atoms with Crippen LogP contribution in [-0.2, 0) is 23.9 Å². The number of hydrogen-bond acceptors (Lipinski definition) is 5. The van der Waals surface area contributed by atoms with Crippen molar-refractivity contribution in [2.75, 3.05) is 11.9 Å². The molecule has 0 radical (unpaired) electrons. The van der Waals surface area contributed by atoms with Crippen molar-refractivity contribution in [3.8, 4) is 0 Å². The van der Waals surface area contributed by atoms with Gasteiger partial charge in [-0.2, -0.15) is 0 Å². The SMILES string of the molecule is Cc1cccc(NC(=O)COC(=O)[C@H](C)N2C(=O)[C@@H]3[C@@H]4CC[C@@H](C4)[C@@H]3C2=O)c1. The number of imide groups is 1. The minimum Gasteiger partial charge on any atom is -0.454 e. The molecule has 1 aromatic carbocycles. The van der Waals surface area contributed by atoms with Crippen LogP contribution in [0.5, 0.6) is 0 Å². The summed E-state index contributed by atoms with van der Waals surface area (Å²) in [5, 5.41) is 2.65. The number of aryl methyl sites for hydroxylation is 1. The number of likely N-dealkylation sites (tertiary alicyclic amines) is 1. The summed E-state index contributed by atoms with van der Waals surface area (Å²) in [7, 11) is 0. The summed E-state index contributed by atoms with van der Waals surface area (Å²) in [6, 6.07) is 6.24. The fourth-order valence-electron chi connectivity index (χ4n) is 5.10. The average molecular weight is 384 g/mol. The summed E-state index contributed by atoms with van der Waals surface area (Å²) in [6.07, 6.45) is 2.91. The van der Waals surface area contributed by atoms with Crippen LogP contribution in [0.2, 0.25) is 0 Å². The molecule has 2 aliphatic carbocycles. The first-order valence-electron chi connectivity index (χ1n) is 9.77. The van der Waals surface area contributed by atoms with Crippen molar-refractivity contribution in [3.05, 3.63) is 29.8 Å². The monoisotopic (exact) mass is 384 g/mol. The molecule has 1 saturated heterocycles. The Morgan fingerprint density at radius 2 is 1.82 bits per heavy atom. The van der Waals surface area contributed by atoms with Crippen molar-refractivity contribution in [2.45, 2.75) is 39.2 Å². The minimum absolute atomic E-state index is 0.254. The minimum atomic E-state index is -1.02. The van der Waals surface area contributed by atoms with Gasteiger partial charge in [-0.1, -0.05) is 12.1 Å². The lowest BCUT2D eigenvalue weighted by Gasteiger charge is -2.23. The van der Waals surface area contributed by atoms with E-state index in [1.807, 2.05) is 19.1 Å². The summed E-state index contributed by atoms with van der Waals surface area (Å²) in [5.41, 5.74) is 1.61. The fourth-order valence-corrected chi connectivity index (χ4v) is 5.10. The van der Waals surface area contributed by atoms with Gasteiger partial charge in [-0.25, -0.2) is 4.79 Å². The molecule has 1 aromatic rings. The van der Waals surface area contributed by atoms with Crippen LogP contribution in [0.1, 0.15) is 31.7 Å². The lowest BCUT2D eigenvalue weighted by atomic mass is 9.81. The van der Waals surface area contributed by atoms with Gasteiger partial charge in [-0.3, -0.25) is 19.3 Å². The van der Waals surface area contributed by atoms with E-state index in [-0.39, 0.29) is 35.5 Å². The Morgan fingerprint density at radius 3 is 2.43 bits per heavy atom. The Balaban J connectivity index is 1.34. The maximum absolute atomic E-state index is 12.8. The standard InChI is InChI=1S/C21H24N2O5/c1-11-4-3-5-15(8-11)22-16(24)10-28-21(27)12(2)23-19(25)17-13-6-7-14(9-13)18(17)20(23)26/h3-5,8,12-14,17-18H,6-7,9-10H2,1-2H3,(H,22,24)/t12-,13-,14+,17-,18+/m0/s1. The number of fused-ring (bicyclic) bond motifs is 5. The molecule has 0 aromatic heterocycles. The molecule has 148 valence electrons. The van der Waals surface area contributed by atoms with E-state index in [0.717, 1.165) is 29.7 Å². The molecule has 1 heterocycles. The highest BCUT2D eigenvalue weighted by atomic mass is 16.5. The maximum atomic E-state index is 12.8. The van der Waals surface area contributed by atoms with Gasteiger partial charge in [0.25, 0.3) is 5.91 Å². The van der Waals surface area contributed by atoms with Crippen LogP contribution < -0.4 is 5.32 Å². The third kappa shape index (κ3) is 3.08. The Morgan fingerprint density at radius 1 is 1.18 bits per heavy atom. The highest BCUT2D eigenvalue weighted by Gasteiger charge is 2.62. The normalized spacial score (nSPS) is 29.0. The molecular weight excluding hydrogens is 360 g/mol. The van der Waals surface area contributed by atoms with Gasteiger partial charge in [-0.05, 0) is 62.6 Å². The van der Waals surface area contributed by atoms with Gasteiger partial charge in [0.1, 0.15) is 6.04 Å². The first-order chi connectivity index (χ1) is 13.4. The number of hydrogen-bond donors (Lipinski definition) is 1. The van der Waals surface area contributed by atoms with Crippen LogP contribution in [-0.4, -0.2) is 41.2 Å². The largest absolute Gasteiger partial charge is 0.454 e. The van der Waals surface area contributed by atoms with Crippen LogP contribution >= 0.6 is 0 Å². The molecule has 1 aliphatic heterocycles. The molecule has 7 heteroatoms. The van der Waals surface area contributed by atoms with Crippen LogP contribution in [0, 0.1) is 30.6 Å². The number of amides is 3. The fraction of sp³-hybridized carbons (Fsp3) is 0.524. The molecule has 0 unspecified atom stereocenters. The van der Waals surface area contributed by atoms with Crippen molar-refractivity contribution >= 4 is 29.4 Å². The predicted octanol–water partition coefficient (Wildman–Crippen LogP) is 1.90. The van der Waals surface area contributed by atoms with Crippen molar-refractivity contribution in [2.24, 2.45) is 23.7 Å². The van der Waals surface area contributed by atoms with E-state index in [4.69, 9.17) is 4.74 Å². The second-order valence-corrected chi connectivity index (χ2v) is 8.13. The van der Waals surface area contributed by atoms with E-state index in [1.165, 1.54) is 6.92 Å². The summed E-state index contributed by atoms with van der Waals surface area (Å²) in [6.45, 7) is 2.92. The topological polar surface area (TPSA) is 92.8 Å². The van der Waals surface area contributed by atoms with E-state index in [2.05, 4.69) is 5.32 Å². The highest BCUT2D eigenvalue weighted by molar-refractivity contribution is 6.08. The van der Waals surface area contributed by atoms with Gasteiger partial charge in [0.15, 0.2) is 6.61 Å². The number of nitrogens with zero attached hydrogens (tertiary/aromatic N) is 1. The lowest BCUT2D eigenvalue weighted by molar-refractivity contribution is -0.159. The van der Waals surface area contributed by atoms with Crippen molar-refractivity contribution in [1.29, 1.82) is 0 Å². The predicted molar refractivity (Wildman–Crippen MR) is 99.9 cm³/mol. The summed E-state index contributed by atoms with van der Waals surface area (Å²) in [4.78, 5) is 51.0. The number of nitrogens with one attached hydrogen (secondary N) is 1. The summed E-state index contributed by atoms with van der Waals surface area (Å²) in [5.74, 6) is -1.74. The molecule has 7 nitrogen and oxygen atoms in total. The first kappa shape index (κ1) is 18.7. The molecule has 4 rings (SSSR count). The van der Waals surface area contributed by atoms with Crippen molar-refractivity contribution < 1.29 is 23.9 Å². The number of carbonyl (C=O) groups excluding carboxylic acids is 4. The van der Waals surface area contributed by atoms with E-state index in [9.17, 15) is 19.2 Å². The van der Waals surface area contributed by atoms with Gasteiger partial charge in [0.05, 0.1) is 11.8 Å². The summed E-state index contributed by atoms with van der Waals surface area (Å²) < 4.78 is 5.07. The zero-order valence-electron chi connectivity index (χ0n) is 16.0. The summed E-state index contributed by atoms with van der Waals surface area (Å²) >= 11 is 0.